The predicted molar refractivity (Wildman–Crippen MR) is 104 cm³/mol. The van der Waals surface area contributed by atoms with Crippen LogP contribution in [-0.2, 0) is 14.8 Å². The number of piperidine rings is 1. The minimum absolute atomic E-state index is 0.0519. The Bertz CT molecular complexity index is 811. The molecule has 0 aromatic heterocycles. The number of rotatable bonds is 6. The molecule has 9 heteroatoms. The van der Waals surface area contributed by atoms with Crippen molar-refractivity contribution in [1.29, 1.82) is 0 Å². The van der Waals surface area contributed by atoms with Gasteiger partial charge in [-0.1, -0.05) is 19.4 Å². The molecule has 0 aliphatic carbocycles. The molecule has 27 heavy (non-hydrogen) atoms. The fourth-order valence-corrected chi connectivity index (χ4v) is 5.32. The normalized spacial score (nSPS) is 21.1. The Hall–Kier alpha value is -2.13. The molecule has 148 valence electrons. The summed E-state index contributed by atoms with van der Waals surface area (Å²) >= 11 is 0. The van der Waals surface area contributed by atoms with E-state index in [1.165, 1.54) is 4.31 Å². The van der Waals surface area contributed by atoms with Crippen molar-refractivity contribution in [2.24, 2.45) is 0 Å². The predicted octanol–water partition coefficient (Wildman–Crippen LogP) is 1.75. The van der Waals surface area contributed by atoms with E-state index in [4.69, 9.17) is 0 Å². The molecule has 2 aliphatic heterocycles. The van der Waals surface area contributed by atoms with Gasteiger partial charge in [0.25, 0.3) is 0 Å². The largest absolute Gasteiger partial charge is 0.336 e. The van der Waals surface area contributed by atoms with Crippen LogP contribution >= 0.6 is 0 Å². The van der Waals surface area contributed by atoms with Crippen molar-refractivity contribution >= 4 is 33.3 Å². The molecule has 1 aromatic rings. The van der Waals surface area contributed by atoms with Gasteiger partial charge in [0.2, 0.25) is 15.9 Å². The summed E-state index contributed by atoms with van der Waals surface area (Å²) in [7, 11) is -3.44. The summed E-state index contributed by atoms with van der Waals surface area (Å²) in [6, 6.07) is 6.19. The van der Waals surface area contributed by atoms with E-state index < -0.39 is 16.1 Å². The lowest BCUT2D eigenvalue weighted by Gasteiger charge is -2.33. The Labute approximate surface area is 160 Å². The number of nitrogens with one attached hydrogen (secondary N) is 2. The van der Waals surface area contributed by atoms with E-state index in [1.54, 1.807) is 29.2 Å². The van der Waals surface area contributed by atoms with Crippen LogP contribution in [0.1, 0.15) is 32.6 Å². The lowest BCUT2D eigenvalue weighted by Crippen LogP contribution is -2.50. The lowest BCUT2D eigenvalue weighted by molar-refractivity contribution is -0.120. The van der Waals surface area contributed by atoms with Crippen LogP contribution < -0.4 is 15.5 Å². The molecule has 8 nitrogen and oxygen atoms in total. The fraction of sp³-hybridized carbons (Fsp3) is 0.556. The molecule has 2 fully saturated rings. The number of hydrogen-bond acceptors (Lipinski definition) is 4. The van der Waals surface area contributed by atoms with Crippen LogP contribution in [0.4, 0.5) is 16.2 Å². The molecule has 0 spiro atoms. The molecule has 1 atom stereocenters. The van der Waals surface area contributed by atoms with E-state index in [0.29, 0.717) is 43.9 Å². The summed E-state index contributed by atoms with van der Waals surface area (Å²) in [5, 5.41) is 5.57. The van der Waals surface area contributed by atoms with E-state index in [1.807, 2.05) is 6.92 Å². The molecule has 0 saturated carbocycles. The van der Waals surface area contributed by atoms with Gasteiger partial charge < -0.3 is 10.6 Å². The van der Waals surface area contributed by atoms with Crippen LogP contribution in [-0.4, -0.2) is 56.1 Å². The number of anilines is 2. The number of nitrogens with zero attached hydrogens (tertiary/aromatic N) is 2. The van der Waals surface area contributed by atoms with E-state index in [9.17, 15) is 18.0 Å². The number of amides is 3. The maximum Gasteiger partial charge on any atom is 0.321 e. The highest BCUT2D eigenvalue weighted by Crippen LogP contribution is 2.25. The quantitative estimate of drug-likeness (QED) is 0.768. The highest BCUT2D eigenvalue weighted by molar-refractivity contribution is 7.89. The van der Waals surface area contributed by atoms with Gasteiger partial charge in [0, 0.05) is 31.0 Å². The standard InChI is InChI=1S/C18H26N4O4S/c1-2-12-27(25,26)22-10-4-3-8-16(22)17(23)20-14-6-5-7-15(13-14)21-11-9-19-18(21)24/h5-7,13,16H,2-4,8-12H2,1H3,(H,19,24)(H,20,23). The average Bonchev–Trinajstić information content (AvgIpc) is 3.08. The van der Waals surface area contributed by atoms with Gasteiger partial charge >= 0.3 is 6.03 Å². The second kappa shape index (κ2) is 8.26. The molecule has 3 rings (SSSR count). The number of sulfonamides is 1. The average molecular weight is 394 g/mol. The van der Waals surface area contributed by atoms with Crippen molar-refractivity contribution in [2.45, 2.75) is 38.6 Å². The number of carbonyl (C=O) groups excluding carboxylic acids is 2. The van der Waals surface area contributed by atoms with Crippen LogP contribution in [0, 0.1) is 0 Å². The van der Waals surface area contributed by atoms with Crippen LogP contribution in [0.3, 0.4) is 0 Å². The minimum atomic E-state index is -3.44. The molecular formula is C18H26N4O4S. The van der Waals surface area contributed by atoms with Crippen molar-refractivity contribution in [3.63, 3.8) is 0 Å². The van der Waals surface area contributed by atoms with Crippen molar-refractivity contribution < 1.29 is 18.0 Å². The second-order valence-electron chi connectivity index (χ2n) is 6.86. The highest BCUT2D eigenvalue weighted by Gasteiger charge is 2.36. The third-order valence-corrected chi connectivity index (χ3v) is 6.93. The monoisotopic (exact) mass is 394 g/mol. The number of carbonyl (C=O) groups is 2. The van der Waals surface area contributed by atoms with Crippen molar-refractivity contribution in [2.75, 3.05) is 35.6 Å². The van der Waals surface area contributed by atoms with Gasteiger partial charge in [0.1, 0.15) is 6.04 Å². The Morgan fingerprint density at radius 1 is 1.30 bits per heavy atom. The van der Waals surface area contributed by atoms with E-state index >= 15 is 0 Å². The molecule has 1 aromatic carbocycles. The van der Waals surface area contributed by atoms with Gasteiger partial charge in [-0.25, -0.2) is 13.2 Å². The topological polar surface area (TPSA) is 98.8 Å². The summed E-state index contributed by atoms with van der Waals surface area (Å²) in [5.74, 6) is -0.270. The Morgan fingerprint density at radius 3 is 2.81 bits per heavy atom. The third-order valence-electron chi connectivity index (χ3n) is 4.86. The summed E-state index contributed by atoms with van der Waals surface area (Å²) in [6.45, 7) is 3.36. The Kier molecular flexibility index (Phi) is 6.01. The van der Waals surface area contributed by atoms with Crippen LogP contribution in [0.25, 0.3) is 0 Å². The number of urea groups is 1. The smallest absolute Gasteiger partial charge is 0.321 e. The first kappa shape index (κ1) is 19.6. The Morgan fingerprint density at radius 2 is 2.11 bits per heavy atom. The zero-order chi connectivity index (χ0) is 19.4. The molecule has 2 saturated heterocycles. The lowest BCUT2D eigenvalue weighted by atomic mass is 10.0. The fourth-order valence-electron chi connectivity index (χ4n) is 3.57. The van der Waals surface area contributed by atoms with Gasteiger partial charge in [-0.2, -0.15) is 4.31 Å². The second-order valence-corrected chi connectivity index (χ2v) is 8.90. The molecule has 1 unspecified atom stereocenters. The van der Waals surface area contributed by atoms with Crippen molar-refractivity contribution in [3.8, 4) is 0 Å². The van der Waals surface area contributed by atoms with E-state index in [0.717, 1.165) is 12.8 Å². The molecule has 2 aliphatic rings. The zero-order valence-electron chi connectivity index (χ0n) is 15.5. The van der Waals surface area contributed by atoms with Gasteiger partial charge in [-0.05, 0) is 37.5 Å². The SMILES string of the molecule is CCCS(=O)(=O)N1CCCCC1C(=O)Nc1cccc(N2CCNC2=O)c1. The third kappa shape index (κ3) is 4.41. The summed E-state index contributed by atoms with van der Waals surface area (Å²) < 4.78 is 26.4. The molecule has 3 amide bonds. The maximum absolute atomic E-state index is 12.8. The first-order chi connectivity index (χ1) is 12.9. The molecule has 0 radical (unpaired) electrons. The highest BCUT2D eigenvalue weighted by atomic mass is 32.2. The maximum atomic E-state index is 12.8. The molecule has 2 heterocycles. The first-order valence-corrected chi connectivity index (χ1v) is 11.0. The number of hydrogen-bond donors (Lipinski definition) is 2. The van der Waals surface area contributed by atoms with Gasteiger partial charge in [0.15, 0.2) is 0 Å². The minimum Gasteiger partial charge on any atom is -0.336 e. The molecule has 2 N–H and O–H groups in total. The van der Waals surface area contributed by atoms with Gasteiger partial charge in [-0.3, -0.25) is 9.69 Å². The molecule has 0 bridgehead atoms. The van der Waals surface area contributed by atoms with E-state index in [-0.39, 0.29) is 17.7 Å². The van der Waals surface area contributed by atoms with Crippen LogP contribution in [0.2, 0.25) is 0 Å². The van der Waals surface area contributed by atoms with Crippen LogP contribution in [0.5, 0.6) is 0 Å². The summed E-state index contributed by atoms with van der Waals surface area (Å²) in [5.41, 5.74) is 1.25. The number of benzene rings is 1. The Balaban J connectivity index is 1.75. The van der Waals surface area contributed by atoms with E-state index in [2.05, 4.69) is 10.6 Å². The van der Waals surface area contributed by atoms with Gasteiger partial charge in [0.05, 0.1) is 5.75 Å². The zero-order valence-corrected chi connectivity index (χ0v) is 16.3. The first-order valence-electron chi connectivity index (χ1n) is 9.38. The van der Waals surface area contributed by atoms with Crippen molar-refractivity contribution in [3.05, 3.63) is 24.3 Å². The summed E-state index contributed by atoms with van der Waals surface area (Å²) in [6.07, 6.45) is 2.63. The van der Waals surface area contributed by atoms with Gasteiger partial charge in [-0.15, -0.1) is 0 Å². The summed E-state index contributed by atoms with van der Waals surface area (Å²) in [4.78, 5) is 26.2. The van der Waals surface area contributed by atoms with Crippen LogP contribution in [0.15, 0.2) is 24.3 Å². The molecular weight excluding hydrogens is 368 g/mol. The van der Waals surface area contributed by atoms with Crippen molar-refractivity contribution in [1.82, 2.24) is 9.62 Å².